The molecule has 0 unspecified atom stereocenters. The summed E-state index contributed by atoms with van der Waals surface area (Å²) in [6, 6.07) is 0.395. The smallest absolute Gasteiger partial charge is 0.131 e. The highest BCUT2D eigenvalue weighted by Crippen LogP contribution is 2.44. The zero-order valence-corrected chi connectivity index (χ0v) is 14.7. The first-order valence-electron chi connectivity index (χ1n) is 8.00. The predicted molar refractivity (Wildman–Crippen MR) is 86.2 cm³/mol. The Hall–Kier alpha value is -0.620. The van der Waals surface area contributed by atoms with Crippen LogP contribution in [0.1, 0.15) is 36.9 Å². The van der Waals surface area contributed by atoms with Crippen LogP contribution in [-0.4, -0.2) is 53.2 Å². The van der Waals surface area contributed by atoms with Gasteiger partial charge in [0.15, 0.2) is 0 Å². The molecule has 5 nitrogen and oxygen atoms in total. The third-order valence-corrected chi connectivity index (χ3v) is 6.09. The van der Waals surface area contributed by atoms with Crippen LogP contribution in [0.3, 0.4) is 0 Å². The molecule has 1 saturated heterocycles. The number of nitrogens with zero attached hydrogens (tertiary/aromatic N) is 3. The molecule has 2 heterocycles. The molecular formula is C16H26ClN3O2. The Morgan fingerprint density at radius 2 is 2.14 bits per heavy atom. The Kier molecular flexibility index (Phi) is 4.52. The number of likely N-dealkylation sites (tertiary alicyclic amines) is 1. The first kappa shape index (κ1) is 16.2. The average Bonchev–Trinajstić information content (AvgIpc) is 3.00. The van der Waals surface area contributed by atoms with Gasteiger partial charge in [0.25, 0.3) is 0 Å². The van der Waals surface area contributed by atoms with E-state index >= 15 is 0 Å². The maximum absolute atomic E-state index is 6.41. The van der Waals surface area contributed by atoms with Crippen molar-refractivity contribution in [2.45, 2.75) is 56.9 Å². The van der Waals surface area contributed by atoms with Crippen molar-refractivity contribution in [3.63, 3.8) is 0 Å². The van der Waals surface area contributed by atoms with Crippen molar-refractivity contribution < 1.29 is 9.47 Å². The number of halogens is 1. The maximum atomic E-state index is 6.41. The van der Waals surface area contributed by atoms with E-state index in [-0.39, 0.29) is 5.60 Å². The molecule has 6 heteroatoms. The summed E-state index contributed by atoms with van der Waals surface area (Å²) < 4.78 is 13.3. The summed E-state index contributed by atoms with van der Waals surface area (Å²) in [5.41, 5.74) is 2.13. The van der Waals surface area contributed by atoms with E-state index in [0.717, 1.165) is 55.2 Å². The Bertz CT molecular complexity index is 548. The lowest BCUT2D eigenvalue weighted by molar-refractivity contribution is -0.0947. The summed E-state index contributed by atoms with van der Waals surface area (Å²) in [6.07, 6.45) is 4.60. The predicted octanol–water partition coefficient (Wildman–Crippen LogP) is 2.54. The molecular weight excluding hydrogens is 302 g/mol. The van der Waals surface area contributed by atoms with E-state index in [9.17, 15) is 0 Å². The van der Waals surface area contributed by atoms with Crippen LogP contribution >= 0.6 is 11.6 Å². The average molecular weight is 328 g/mol. The van der Waals surface area contributed by atoms with Crippen molar-refractivity contribution >= 4 is 11.6 Å². The molecule has 2 aliphatic rings. The highest BCUT2D eigenvalue weighted by Gasteiger charge is 2.51. The van der Waals surface area contributed by atoms with Gasteiger partial charge in [-0.25, -0.2) is 0 Å². The minimum Gasteiger partial charge on any atom is -0.381 e. The molecule has 3 rings (SSSR count). The van der Waals surface area contributed by atoms with E-state index in [1.165, 1.54) is 0 Å². The van der Waals surface area contributed by atoms with E-state index in [0.29, 0.717) is 12.1 Å². The molecule has 1 aromatic rings. The fraction of sp³-hybridized carbons (Fsp3) is 0.812. The van der Waals surface area contributed by atoms with Crippen LogP contribution < -0.4 is 0 Å². The van der Waals surface area contributed by atoms with Crippen LogP contribution in [-0.2, 0) is 23.1 Å². The fourth-order valence-electron chi connectivity index (χ4n) is 4.22. The number of hydrogen-bond acceptors (Lipinski definition) is 4. The summed E-state index contributed by atoms with van der Waals surface area (Å²) in [7, 11) is 5.56. The zero-order chi connectivity index (χ0) is 15.9. The van der Waals surface area contributed by atoms with Crippen LogP contribution in [0.4, 0.5) is 0 Å². The van der Waals surface area contributed by atoms with Crippen molar-refractivity contribution in [1.29, 1.82) is 0 Å². The van der Waals surface area contributed by atoms with Gasteiger partial charge in [0.05, 0.1) is 17.4 Å². The quantitative estimate of drug-likeness (QED) is 0.852. The van der Waals surface area contributed by atoms with E-state index in [2.05, 4.69) is 10.00 Å². The molecule has 0 radical (unpaired) electrons. The maximum Gasteiger partial charge on any atom is 0.131 e. The Morgan fingerprint density at radius 1 is 1.36 bits per heavy atom. The van der Waals surface area contributed by atoms with E-state index in [1.807, 2.05) is 28.2 Å². The number of ether oxygens (including phenoxy) is 2. The second-order valence-electron chi connectivity index (χ2n) is 6.62. The van der Waals surface area contributed by atoms with Gasteiger partial charge in [-0.2, -0.15) is 5.10 Å². The Morgan fingerprint density at radius 3 is 2.73 bits per heavy atom. The van der Waals surface area contributed by atoms with Crippen molar-refractivity contribution in [3.05, 3.63) is 16.4 Å². The highest BCUT2D eigenvalue weighted by atomic mass is 35.5. The molecule has 2 fully saturated rings. The number of aromatic nitrogens is 2. The van der Waals surface area contributed by atoms with Crippen LogP contribution in [0.15, 0.2) is 0 Å². The number of methoxy groups -OCH3 is 2. The van der Waals surface area contributed by atoms with Gasteiger partial charge in [-0.05, 0) is 32.6 Å². The van der Waals surface area contributed by atoms with Crippen LogP contribution in [0, 0.1) is 6.92 Å². The third-order valence-electron chi connectivity index (χ3n) is 5.62. The monoisotopic (exact) mass is 327 g/mol. The minimum absolute atomic E-state index is 0.0163. The number of aryl methyl sites for hydroxylation is 2. The number of fused-ring (bicyclic) bond motifs is 1. The lowest BCUT2D eigenvalue weighted by Gasteiger charge is -2.43. The highest BCUT2D eigenvalue weighted by molar-refractivity contribution is 6.30. The van der Waals surface area contributed by atoms with Crippen LogP contribution in [0.25, 0.3) is 0 Å². The molecule has 3 atom stereocenters. The van der Waals surface area contributed by atoms with Gasteiger partial charge in [0, 0.05) is 46.0 Å². The summed E-state index contributed by atoms with van der Waals surface area (Å²) in [6.45, 7) is 3.91. The van der Waals surface area contributed by atoms with E-state index in [4.69, 9.17) is 21.1 Å². The summed E-state index contributed by atoms with van der Waals surface area (Å²) in [5.74, 6) is 0. The number of hydrogen-bond donors (Lipinski definition) is 0. The van der Waals surface area contributed by atoms with E-state index in [1.54, 1.807) is 4.68 Å². The second kappa shape index (κ2) is 6.11. The minimum atomic E-state index is -0.0163. The van der Waals surface area contributed by atoms with E-state index < -0.39 is 0 Å². The molecule has 1 aliphatic heterocycles. The van der Waals surface area contributed by atoms with Gasteiger partial charge in [0.1, 0.15) is 5.15 Å². The molecule has 0 aromatic carbocycles. The lowest BCUT2D eigenvalue weighted by atomic mass is 9.79. The Balaban J connectivity index is 1.82. The lowest BCUT2D eigenvalue weighted by Crippen LogP contribution is -2.51. The van der Waals surface area contributed by atoms with Crippen molar-refractivity contribution in [2.75, 3.05) is 20.8 Å². The van der Waals surface area contributed by atoms with Gasteiger partial charge in [-0.1, -0.05) is 11.6 Å². The summed E-state index contributed by atoms with van der Waals surface area (Å²) in [5, 5.41) is 5.17. The van der Waals surface area contributed by atoms with Crippen molar-refractivity contribution in [3.8, 4) is 0 Å². The van der Waals surface area contributed by atoms with Gasteiger partial charge >= 0.3 is 0 Å². The van der Waals surface area contributed by atoms with Gasteiger partial charge in [-0.3, -0.25) is 9.58 Å². The summed E-state index contributed by atoms with van der Waals surface area (Å²) >= 11 is 6.41. The largest absolute Gasteiger partial charge is 0.381 e. The van der Waals surface area contributed by atoms with Crippen molar-refractivity contribution in [1.82, 2.24) is 14.7 Å². The molecule has 1 aromatic heterocycles. The third kappa shape index (κ3) is 2.58. The second-order valence-corrected chi connectivity index (χ2v) is 6.97. The first-order valence-corrected chi connectivity index (χ1v) is 8.38. The zero-order valence-electron chi connectivity index (χ0n) is 13.9. The molecule has 0 N–H and O–H groups in total. The van der Waals surface area contributed by atoms with Crippen molar-refractivity contribution in [2.24, 2.45) is 7.05 Å². The molecule has 22 heavy (non-hydrogen) atoms. The van der Waals surface area contributed by atoms with Gasteiger partial charge in [0.2, 0.25) is 0 Å². The van der Waals surface area contributed by atoms with Gasteiger partial charge < -0.3 is 9.47 Å². The van der Waals surface area contributed by atoms with Gasteiger partial charge in [-0.15, -0.1) is 0 Å². The number of rotatable bonds is 4. The topological polar surface area (TPSA) is 39.5 Å². The molecule has 1 saturated carbocycles. The van der Waals surface area contributed by atoms with Crippen LogP contribution in [0.2, 0.25) is 5.15 Å². The Labute approximate surface area is 137 Å². The molecule has 0 spiro atoms. The summed E-state index contributed by atoms with van der Waals surface area (Å²) in [4.78, 5) is 2.50. The first-order chi connectivity index (χ1) is 10.5. The molecule has 124 valence electrons. The fourth-order valence-corrected chi connectivity index (χ4v) is 4.45. The SMILES string of the molecule is CO[C@@H]1CC[C@@]2(OC)CCN(Cc3c(C)nn(C)c3Cl)[C@H]2C1. The normalized spacial score (nSPS) is 32.4. The van der Waals surface area contributed by atoms with Crippen LogP contribution in [0.5, 0.6) is 0 Å². The molecule has 0 bridgehead atoms. The molecule has 0 amide bonds. The standard InChI is InChI=1S/C16H26ClN3O2/c1-11-13(15(17)19(2)18-11)10-20-8-7-16(22-4)6-5-12(21-3)9-14(16)20/h12,14H,5-10H2,1-4H3/t12-,14+,16-/m1/s1. The molecule has 1 aliphatic carbocycles.